The molecule has 38 heavy (non-hydrogen) atoms. The molecule has 2 aliphatic heterocycles. The zero-order chi connectivity index (χ0) is 27.1. The number of rotatable bonds is 8. The van der Waals surface area contributed by atoms with Gasteiger partial charge in [0.05, 0.1) is 24.2 Å². The van der Waals surface area contributed by atoms with E-state index in [2.05, 4.69) is 36.6 Å². The number of ether oxygens (including phenoxy) is 1. The fourth-order valence-electron chi connectivity index (χ4n) is 4.14. The molecule has 0 unspecified atom stereocenters. The zero-order valence-electron chi connectivity index (χ0n) is 22.0. The first-order valence-corrected chi connectivity index (χ1v) is 12.6. The number of morpholine rings is 1. The van der Waals surface area contributed by atoms with Crippen molar-refractivity contribution in [3.63, 3.8) is 0 Å². The van der Waals surface area contributed by atoms with Gasteiger partial charge in [0.25, 0.3) is 0 Å². The van der Waals surface area contributed by atoms with E-state index in [1.54, 1.807) is 18.3 Å². The SMILES string of the molecule is CN/C=C(\C(N)=C1C=CNC(N2CCOCC2)=C1)c1cnc2ccc(N=C(N)C=C(C=N)C(C)C)nc2c1. The molecule has 0 aliphatic carbocycles. The monoisotopic (exact) mass is 513 g/mol. The molecular weight excluding hydrogens is 478 g/mol. The van der Waals surface area contributed by atoms with Crippen molar-refractivity contribution in [2.45, 2.75) is 13.8 Å². The Kier molecular flexibility index (Phi) is 8.55. The fraction of sp³-hybridized carbons (Fsp3) is 0.286. The number of aliphatic imine (C=N–C) groups is 1. The maximum atomic E-state index is 7.57. The molecule has 10 heteroatoms. The number of nitrogens with two attached hydrogens (primary N) is 2. The van der Waals surface area contributed by atoms with Crippen LogP contribution in [0.15, 0.2) is 82.7 Å². The predicted octanol–water partition coefficient (Wildman–Crippen LogP) is 2.91. The molecule has 1 saturated heterocycles. The molecule has 2 aliphatic rings. The lowest BCUT2D eigenvalue weighted by atomic mass is 10.00. The third-order valence-corrected chi connectivity index (χ3v) is 6.25. The summed E-state index contributed by atoms with van der Waals surface area (Å²) in [6.07, 6.45) is 12.6. The van der Waals surface area contributed by atoms with Crippen molar-refractivity contribution in [1.82, 2.24) is 25.5 Å². The van der Waals surface area contributed by atoms with Gasteiger partial charge in [0.1, 0.15) is 11.7 Å². The van der Waals surface area contributed by atoms with Gasteiger partial charge in [-0.2, -0.15) is 0 Å². The Morgan fingerprint density at radius 1 is 1.24 bits per heavy atom. The van der Waals surface area contributed by atoms with Crippen LogP contribution in [0.5, 0.6) is 0 Å². The van der Waals surface area contributed by atoms with Gasteiger partial charge >= 0.3 is 0 Å². The van der Waals surface area contributed by atoms with Crippen LogP contribution in [0.3, 0.4) is 0 Å². The Morgan fingerprint density at radius 3 is 2.74 bits per heavy atom. The van der Waals surface area contributed by atoms with Gasteiger partial charge < -0.3 is 37.1 Å². The maximum Gasteiger partial charge on any atom is 0.155 e. The second kappa shape index (κ2) is 12.2. The van der Waals surface area contributed by atoms with Crippen LogP contribution in [0, 0.1) is 11.3 Å². The molecule has 1 fully saturated rings. The Morgan fingerprint density at radius 2 is 2.03 bits per heavy atom. The van der Waals surface area contributed by atoms with Crippen molar-refractivity contribution < 1.29 is 4.74 Å². The standard InChI is InChI=1S/C28H35N9O/c1-18(2)20(15-29)13-25(30)36-26-5-4-23-24(35-26)12-21(16-34-23)22(17-32-3)28(31)19-6-7-33-27(14-19)37-8-10-38-11-9-37/h4-7,12-18,29,32-33H,8-11,31H2,1-3H3,(H2,30,35,36)/b20-13?,22-17-,28-19?,29-15?. The Labute approximate surface area is 223 Å². The number of pyridine rings is 2. The molecule has 4 rings (SSSR count). The van der Waals surface area contributed by atoms with Crippen LogP contribution in [0.25, 0.3) is 16.6 Å². The lowest BCUT2D eigenvalue weighted by molar-refractivity contribution is 0.0512. The average Bonchev–Trinajstić information content (AvgIpc) is 2.94. The normalized spacial score (nSPS) is 18.4. The van der Waals surface area contributed by atoms with Gasteiger partial charge in [-0.05, 0) is 47.9 Å². The van der Waals surface area contributed by atoms with Crippen LogP contribution in [0.1, 0.15) is 19.4 Å². The first kappa shape index (κ1) is 26.6. The van der Waals surface area contributed by atoms with E-state index in [-0.39, 0.29) is 5.92 Å². The van der Waals surface area contributed by atoms with E-state index < -0.39 is 0 Å². The minimum absolute atomic E-state index is 0.170. The highest BCUT2D eigenvalue weighted by atomic mass is 16.5. The molecule has 10 nitrogen and oxygen atoms in total. The first-order valence-electron chi connectivity index (χ1n) is 12.6. The smallest absolute Gasteiger partial charge is 0.155 e. The molecule has 0 radical (unpaired) electrons. The van der Waals surface area contributed by atoms with Gasteiger partial charge in [-0.1, -0.05) is 13.8 Å². The molecule has 2 aromatic rings. The number of amidine groups is 1. The van der Waals surface area contributed by atoms with E-state index in [0.717, 1.165) is 46.7 Å². The molecule has 0 atom stereocenters. The van der Waals surface area contributed by atoms with Crippen LogP contribution >= 0.6 is 0 Å². The van der Waals surface area contributed by atoms with Crippen molar-refractivity contribution in [2.75, 3.05) is 33.4 Å². The van der Waals surface area contributed by atoms with Gasteiger partial charge in [0, 0.05) is 67.4 Å². The van der Waals surface area contributed by atoms with E-state index in [0.29, 0.717) is 36.1 Å². The number of hydrogen-bond donors (Lipinski definition) is 5. The maximum absolute atomic E-state index is 7.57. The van der Waals surface area contributed by atoms with Crippen LogP contribution < -0.4 is 22.1 Å². The van der Waals surface area contributed by atoms with Gasteiger partial charge in [-0.25, -0.2) is 9.98 Å². The summed E-state index contributed by atoms with van der Waals surface area (Å²) in [6, 6.07) is 5.57. The van der Waals surface area contributed by atoms with E-state index in [4.69, 9.17) is 21.6 Å². The van der Waals surface area contributed by atoms with Crippen molar-refractivity contribution in [1.29, 1.82) is 5.41 Å². The quantitative estimate of drug-likeness (QED) is 0.267. The number of aromatic nitrogens is 2. The summed E-state index contributed by atoms with van der Waals surface area (Å²) in [7, 11) is 1.83. The molecule has 0 aromatic carbocycles. The molecule has 0 spiro atoms. The summed E-state index contributed by atoms with van der Waals surface area (Å²) in [5, 5.41) is 14.0. The second-order valence-corrected chi connectivity index (χ2v) is 9.23. The highest BCUT2D eigenvalue weighted by Crippen LogP contribution is 2.27. The summed E-state index contributed by atoms with van der Waals surface area (Å²) < 4.78 is 5.48. The van der Waals surface area contributed by atoms with Crippen molar-refractivity contribution >= 4 is 34.5 Å². The average molecular weight is 514 g/mol. The summed E-state index contributed by atoms with van der Waals surface area (Å²) in [6.45, 7) is 7.06. The molecule has 0 saturated carbocycles. The Hall–Kier alpha value is -4.44. The van der Waals surface area contributed by atoms with E-state index in [1.165, 1.54) is 6.21 Å². The van der Waals surface area contributed by atoms with Crippen LogP contribution in [0.4, 0.5) is 5.82 Å². The molecule has 7 N–H and O–H groups in total. The molecule has 0 amide bonds. The summed E-state index contributed by atoms with van der Waals surface area (Å²) in [4.78, 5) is 16.0. The zero-order valence-corrected chi connectivity index (χ0v) is 22.0. The predicted molar refractivity (Wildman–Crippen MR) is 154 cm³/mol. The molecule has 4 heterocycles. The molecule has 0 bridgehead atoms. The summed E-state index contributed by atoms with van der Waals surface area (Å²) in [5.41, 5.74) is 18.1. The lowest BCUT2D eigenvalue weighted by Crippen LogP contribution is -2.39. The number of nitrogens with one attached hydrogen (secondary N) is 3. The molecular formula is C28H35N9O. The van der Waals surface area contributed by atoms with Gasteiger partial charge in [-0.3, -0.25) is 4.98 Å². The van der Waals surface area contributed by atoms with Crippen molar-refractivity contribution in [3.05, 3.63) is 83.3 Å². The number of allylic oxidation sites excluding steroid dienone is 5. The lowest BCUT2D eigenvalue weighted by Gasteiger charge is -2.32. The topological polar surface area (TPSA) is 151 Å². The van der Waals surface area contributed by atoms with Gasteiger partial charge in [0.15, 0.2) is 5.82 Å². The van der Waals surface area contributed by atoms with Crippen LogP contribution in [-0.2, 0) is 4.74 Å². The summed E-state index contributed by atoms with van der Waals surface area (Å²) >= 11 is 0. The number of fused-ring (bicyclic) bond motifs is 1. The highest BCUT2D eigenvalue weighted by Gasteiger charge is 2.17. The third-order valence-electron chi connectivity index (χ3n) is 6.25. The number of hydrogen-bond acceptors (Lipinski definition) is 9. The molecule has 2 aromatic heterocycles. The van der Waals surface area contributed by atoms with E-state index >= 15 is 0 Å². The van der Waals surface area contributed by atoms with Gasteiger partial charge in [0.2, 0.25) is 0 Å². The Bertz CT molecular complexity index is 1380. The Balaban J connectivity index is 1.68. The van der Waals surface area contributed by atoms with Crippen LogP contribution in [0.2, 0.25) is 0 Å². The molecule has 198 valence electrons. The van der Waals surface area contributed by atoms with E-state index in [9.17, 15) is 0 Å². The first-order chi connectivity index (χ1) is 18.4. The fourth-order valence-corrected chi connectivity index (χ4v) is 4.14. The highest BCUT2D eigenvalue weighted by molar-refractivity contribution is 5.98. The van der Waals surface area contributed by atoms with Gasteiger partial charge in [-0.15, -0.1) is 0 Å². The summed E-state index contributed by atoms with van der Waals surface area (Å²) in [5.74, 6) is 1.92. The van der Waals surface area contributed by atoms with Crippen molar-refractivity contribution in [2.24, 2.45) is 22.4 Å². The van der Waals surface area contributed by atoms with E-state index in [1.807, 2.05) is 51.5 Å². The van der Waals surface area contributed by atoms with Crippen LogP contribution in [-0.4, -0.2) is 60.3 Å². The number of dihydropyridines is 1. The largest absolute Gasteiger partial charge is 0.398 e. The van der Waals surface area contributed by atoms with Crippen molar-refractivity contribution in [3.8, 4) is 0 Å². The number of nitrogens with zero attached hydrogens (tertiary/aromatic N) is 4. The second-order valence-electron chi connectivity index (χ2n) is 9.23. The third kappa shape index (κ3) is 6.27. The minimum Gasteiger partial charge on any atom is -0.398 e. The minimum atomic E-state index is 0.170.